The molecule has 2 aliphatic heterocycles. The molecule has 6 nitrogen and oxygen atoms in total. The summed E-state index contributed by atoms with van der Waals surface area (Å²) in [5, 5.41) is 6.27. The van der Waals surface area contributed by atoms with Crippen molar-refractivity contribution in [3.8, 4) is 11.3 Å². The van der Waals surface area contributed by atoms with Gasteiger partial charge < -0.3 is 15.6 Å². The van der Waals surface area contributed by atoms with Crippen LogP contribution in [0.2, 0.25) is 0 Å². The third-order valence-electron chi connectivity index (χ3n) is 5.53. The molecule has 3 aromatic rings. The van der Waals surface area contributed by atoms with Gasteiger partial charge in [-0.25, -0.2) is 14.4 Å². The highest BCUT2D eigenvalue weighted by atomic mass is 19.1. The van der Waals surface area contributed by atoms with E-state index in [4.69, 9.17) is 4.98 Å². The summed E-state index contributed by atoms with van der Waals surface area (Å²) in [5.74, 6) is 0.234. The van der Waals surface area contributed by atoms with E-state index in [2.05, 4.69) is 33.6 Å². The molecule has 0 spiro atoms. The van der Waals surface area contributed by atoms with Crippen molar-refractivity contribution < 1.29 is 9.18 Å². The quantitative estimate of drug-likeness (QED) is 0.522. The minimum atomic E-state index is -0.392. The number of fused-ring (bicyclic) bond motifs is 3. The Morgan fingerprint density at radius 3 is 2.89 bits per heavy atom. The number of aromatic amines is 1. The second-order valence-corrected chi connectivity index (χ2v) is 7.50. The topological polar surface area (TPSA) is 82.7 Å². The normalized spacial score (nSPS) is 18.6. The van der Waals surface area contributed by atoms with Gasteiger partial charge in [0.1, 0.15) is 17.2 Å². The molecule has 1 aromatic carbocycles. The van der Waals surface area contributed by atoms with Gasteiger partial charge in [0.25, 0.3) is 5.91 Å². The van der Waals surface area contributed by atoms with E-state index >= 15 is 0 Å². The average molecular weight is 377 g/mol. The zero-order valence-electron chi connectivity index (χ0n) is 15.7. The molecule has 0 radical (unpaired) electrons. The maximum Gasteiger partial charge on any atom is 0.253 e. The molecule has 2 aromatic heterocycles. The number of allylic oxidation sites excluding steroid dienone is 1. The molecule has 28 heavy (non-hydrogen) atoms. The number of carbonyl (C=O) groups is 1. The number of carbonyl (C=O) groups excluding carboxylic acids is 1. The minimum Gasteiger partial charge on any atom is -0.365 e. The molecule has 3 N–H and O–H groups in total. The molecule has 0 aliphatic carbocycles. The van der Waals surface area contributed by atoms with Crippen molar-refractivity contribution in [1.29, 1.82) is 0 Å². The van der Waals surface area contributed by atoms with Gasteiger partial charge in [0.05, 0.1) is 28.0 Å². The van der Waals surface area contributed by atoms with Gasteiger partial charge >= 0.3 is 0 Å². The fraction of sp³-hybridized carbons (Fsp3) is 0.286. The monoisotopic (exact) mass is 377 g/mol. The molecule has 1 atom stereocenters. The summed E-state index contributed by atoms with van der Waals surface area (Å²) in [5.41, 5.74) is 5.36. The molecule has 0 fully saturated rings. The number of amides is 1. The summed E-state index contributed by atoms with van der Waals surface area (Å²) in [6.07, 6.45) is 2.96. The van der Waals surface area contributed by atoms with E-state index in [1.165, 1.54) is 11.6 Å². The lowest BCUT2D eigenvalue weighted by atomic mass is 9.93. The van der Waals surface area contributed by atoms with Gasteiger partial charge in [0.15, 0.2) is 0 Å². The third kappa shape index (κ3) is 2.58. The van der Waals surface area contributed by atoms with E-state index in [1.54, 1.807) is 12.1 Å². The summed E-state index contributed by atoms with van der Waals surface area (Å²) < 4.78 is 14.9. The van der Waals surface area contributed by atoms with Crippen molar-refractivity contribution in [1.82, 2.24) is 20.3 Å². The van der Waals surface area contributed by atoms with Gasteiger partial charge in [-0.15, -0.1) is 0 Å². The van der Waals surface area contributed by atoms with Crippen LogP contribution in [0.4, 0.5) is 10.2 Å². The SMILES string of the molecule is CC1=CCC2CNC(=O)c3cc([nH]c32)-c2c(F)ccc3nc(C)c(nc23)NC1. The Morgan fingerprint density at radius 1 is 1.18 bits per heavy atom. The number of halogens is 1. The lowest BCUT2D eigenvalue weighted by Gasteiger charge is -2.22. The van der Waals surface area contributed by atoms with Gasteiger partial charge in [-0.1, -0.05) is 11.6 Å². The first kappa shape index (κ1) is 16.9. The number of benzene rings is 1. The van der Waals surface area contributed by atoms with Crippen molar-refractivity contribution in [3.05, 3.63) is 52.6 Å². The Balaban J connectivity index is 1.83. The number of nitrogens with zero attached hydrogens (tertiary/aromatic N) is 2. The molecule has 0 saturated carbocycles. The van der Waals surface area contributed by atoms with Crippen LogP contribution >= 0.6 is 0 Å². The summed E-state index contributed by atoms with van der Waals surface area (Å²) in [7, 11) is 0. The number of H-pyrrole nitrogens is 1. The smallest absolute Gasteiger partial charge is 0.253 e. The Labute approximate surface area is 161 Å². The Morgan fingerprint density at radius 2 is 2.04 bits per heavy atom. The molecule has 0 saturated heterocycles. The van der Waals surface area contributed by atoms with Crippen molar-refractivity contribution >= 4 is 22.8 Å². The van der Waals surface area contributed by atoms with Crippen molar-refractivity contribution in [2.75, 3.05) is 18.4 Å². The summed E-state index contributed by atoms with van der Waals surface area (Å²) in [6, 6.07) is 4.77. The van der Waals surface area contributed by atoms with Gasteiger partial charge in [0.2, 0.25) is 0 Å². The van der Waals surface area contributed by atoms with E-state index in [1.807, 2.05) is 6.92 Å². The molecule has 7 heteroatoms. The van der Waals surface area contributed by atoms with Crippen LogP contribution in [0.1, 0.15) is 41.0 Å². The summed E-state index contributed by atoms with van der Waals surface area (Å²) in [6.45, 7) is 5.14. The van der Waals surface area contributed by atoms with Gasteiger partial charge in [-0.2, -0.15) is 0 Å². The predicted octanol–water partition coefficient (Wildman–Crippen LogP) is 3.66. The summed E-state index contributed by atoms with van der Waals surface area (Å²) in [4.78, 5) is 25.0. The second-order valence-electron chi connectivity index (χ2n) is 7.50. The second kappa shape index (κ2) is 6.15. The fourth-order valence-electron chi connectivity index (χ4n) is 3.98. The lowest BCUT2D eigenvalue weighted by molar-refractivity contribution is 0.0940. The highest BCUT2D eigenvalue weighted by Crippen LogP contribution is 2.35. The van der Waals surface area contributed by atoms with Crippen LogP contribution in [-0.2, 0) is 0 Å². The lowest BCUT2D eigenvalue weighted by Crippen LogP contribution is -2.34. The number of nitrogens with one attached hydrogen (secondary N) is 3. The highest BCUT2D eigenvalue weighted by Gasteiger charge is 2.29. The molecule has 4 bridgehead atoms. The molecule has 1 amide bonds. The molecule has 2 aliphatic rings. The van der Waals surface area contributed by atoms with Crippen LogP contribution < -0.4 is 10.6 Å². The largest absolute Gasteiger partial charge is 0.365 e. The summed E-state index contributed by atoms with van der Waals surface area (Å²) >= 11 is 0. The van der Waals surface area contributed by atoms with Crippen LogP contribution in [0.25, 0.3) is 22.3 Å². The number of aromatic nitrogens is 3. The number of rotatable bonds is 0. The van der Waals surface area contributed by atoms with Crippen molar-refractivity contribution in [2.45, 2.75) is 26.2 Å². The number of hydrogen-bond acceptors (Lipinski definition) is 4. The first-order valence-electron chi connectivity index (χ1n) is 9.39. The number of anilines is 1. The van der Waals surface area contributed by atoms with Gasteiger partial charge in [0, 0.05) is 24.7 Å². The first-order valence-corrected chi connectivity index (χ1v) is 9.39. The van der Waals surface area contributed by atoms with Crippen LogP contribution in [0, 0.1) is 12.7 Å². The molecule has 1 unspecified atom stereocenters. The average Bonchev–Trinajstić information content (AvgIpc) is 3.11. The van der Waals surface area contributed by atoms with Crippen molar-refractivity contribution in [3.63, 3.8) is 0 Å². The Hall–Kier alpha value is -3.22. The molecule has 4 heterocycles. The maximum absolute atomic E-state index is 14.9. The number of hydrogen-bond donors (Lipinski definition) is 3. The van der Waals surface area contributed by atoms with E-state index in [0.29, 0.717) is 46.8 Å². The zero-order valence-corrected chi connectivity index (χ0v) is 15.7. The van der Waals surface area contributed by atoms with Crippen LogP contribution in [0.3, 0.4) is 0 Å². The van der Waals surface area contributed by atoms with E-state index in [9.17, 15) is 9.18 Å². The van der Waals surface area contributed by atoms with Gasteiger partial charge in [-0.05, 0) is 38.5 Å². The minimum absolute atomic E-state index is 0.121. The van der Waals surface area contributed by atoms with Crippen LogP contribution in [0.5, 0.6) is 0 Å². The Bertz CT molecular complexity index is 1160. The third-order valence-corrected chi connectivity index (χ3v) is 5.53. The predicted molar refractivity (Wildman–Crippen MR) is 106 cm³/mol. The molecule has 142 valence electrons. The fourth-order valence-corrected chi connectivity index (χ4v) is 3.98. The molecular formula is C21H20FN5O. The van der Waals surface area contributed by atoms with Gasteiger partial charge in [-0.3, -0.25) is 4.79 Å². The maximum atomic E-state index is 14.9. The molecular weight excluding hydrogens is 357 g/mol. The van der Waals surface area contributed by atoms with Crippen LogP contribution in [-0.4, -0.2) is 33.9 Å². The van der Waals surface area contributed by atoms with Crippen molar-refractivity contribution in [2.24, 2.45) is 0 Å². The number of aryl methyl sites for hydroxylation is 1. The molecule has 5 rings (SSSR count). The van der Waals surface area contributed by atoms with E-state index < -0.39 is 5.82 Å². The van der Waals surface area contributed by atoms with Crippen LogP contribution in [0.15, 0.2) is 29.8 Å². The highest BCUT2D eigenvalue weighted by molar-refractivity contribution is 6.00. The van der Waals surface area contributed by atoms with E-state index in [-0.39, 0.29) is 11.8 Å². The standard InChI is InChI=1S/C21H20FN5O/c1-10-3-4-12-9-24-21(28)13-7-16(26-18(12)13)17-14(22)5-6-15-19(17)27-20(23-8-10)11(2)25-15/h3,5-7,12,26H,4,8-9H2,1-2H3,(H,23,27)(H,24,28). The zero-order chi connectivity index (χ0) is 19.4. The Kier molecular flexibility index (Phi) is 3.72. The first-order chi connectivity index (χ1) is 13.5. The van der Waals surface area contributed by atoms with E-state index in [0.717, 1.165) is 17.8 Å².